The largest absolute Gasteiger partial charge is 0.378 e. The first-order chi connectivity index (χ1) is 10.2. The minimum atomic E-state index is -0.820. The van der Waals surface area contributed by atoms with E-state index < -0.39 is 5.60 Å². The predicted molar refractivity (Wildman–Crippen MR) is 85.7 cm³/mol. The Hall–Kier alpha value is -1.37. The topological polar surface area (TPSA) is 36.4 Å². The van der Waals surface area contributed by atoms with Crippen LogP contribution in [0.4, 0.5) is 0 Å². The second-order valence-electron chi connectivity index (χ2n) is 5.81. The molecule has 2 heterocycles. The van der Waals surface area contributed by atoms with Gasteiger partial charge in [0.2, 0.25) is 0 Å². The zero-order valence-electron chi connectivity index (χ0n) is 13.2. The van der Waals surface area contributed by atoms with Crippen LogP contribution in [0.25, 0.3) is 0 Å². The maximum Gasteiger partial charge on any atom is 0.125 e. The van der Waals surface area contributed by atoms with Crippen LogP contribution >= 0.6 is 0 Å². The van der Waals surface area contributed by atoms with Crippen LogP contribution in [0.15, 0.2) is 24.5 Å². The maximum atomic E-state index is 10.2. The summed E-state index contributed by atoms with van der Waals surface area (Å²) in [5.74, 6) is 6.27. The van der Waals surface area contributed by atoms with Gasteiger partial charge < -0.3 is 5.11 Å². The van der Waals surface area contributed by atoms with Gasteiger partial charge in [-0.15, -0.1) is 0 Å². The van der Waals surface area contributed by atoms with Gasteiger partial charge in [-0.05, 0) is 43.9 Å². The van der Waals surface area contributed by atoms with E-state index in [2.05, 4.69) is 27.8 Å². The van der Waals surface area contributed by atoms with E-state index in [0.717, 1.165) is 13.1 Å². The zero-order chi connectivity index (χ0) is 15.1. The number of likely N-dealkylation sites (tertiary alicyclic amines) is 1. The number of aromatic nitrogens is 1. The maximum absolute atomic E-state index is 10.2. The monoisotopic (exact) mass is 286 g/mol. The van der Waals surface area contributed by atoms with Crippen molar-refractivity contribution in [1.82, 2.24) is 9.88 Å². The molecule has 1 fully saturated rings. The predicted octanol–water partition coefficient (Wildman–Crippen LogP) is 3.16. The van der Waals surface area contributed by atoms with Crippen molar-refractivity contribution in [2.45, 2.75) is 57.6 Å². The Labute approximate surface area is 128 Å². The Morgan fingerprint density at radius 3 is 2.86 bits per heavy atom. The lowest BCUT2D eigenvalue weighted by Crippen LogP contribution is -2.34. The highest BCUT2D eigenvalue weighted by atomic mass is 16.3. The van der Waals surface area contributed by atoms with Crippen LogP contribution in [-0.4, -0.2) is 33.7 Å². The number of nitrogens with zero attached hydrogens (tertiary/aromatic N) is 2. The lowest BCUT2D eigenvalue weighted by molar-refractivity contribution is 0.0926. The minimum Gasteiger partial charge on any atom is -0.378 e. The molecule has 0 aliphatic carbocycles. The van der Waals surface area contributed by atoms with Gasteiger partial charge in [-0.3, -0.25) is 9.88 Å². The Bertz CT molecular complexity index is 485. The van der Waals surface area contributed by atoms with Crippen LogP contribution in [-0.2, 0) is 0 Å². The lowest BCUT2D eigenvalue weighted by atomic mass is 9.96. The van der Waals surface area contributed by atoms with Crippen molar-refractivity contribution in [3.05, 3.63) is 30.1 Å². The van der Waals surface area contributed by atoms with Gasteiger partial charge in [0.25, 0.3) is 0 Å². The van der Waals surface area contributed by atoms with Gasteiger partial charge in [0, 0.05) is 18.4 Å². The highest BCUT2D eigenvalue weighted by Gasteiger charge is 2.23. The van der Waals surface area contributed by atoms with Crippen LogP contribution < -0.4 is 0 Å². The standard InChI is InChI=1S/C18H26N2O/c1-3-18(21,4-2)11-8-14-20-13-6-5-10-17(20)16-9-7-12-19-15-16/h7,9,12,15,17,21H,3-6,10,13-14H2,1-2H3/t17-/m1/s1. The average molecular weight is 286 g/mol. The first kappa shape index (κ1) is 16.0. The molecule has 1 saturated heterocycles. The number of rotatable bonds is 4. The number of aliphatic hydroxyl groups is 1. The third kappa shape index (κ3) is 4.30. The van der Waals surface area contributed by atoms with Crippen molar-refractivity contribution >= 4 is 0 Å². The molecule has 0 saturated carbocycles. The van der Waals surface area contributed by atoms with Gasteiger partial charge in [0.05, 0.1) is 6.54 Å². The van der Waals surface area contributed by atoms with Crippen molar-refractivity contribution in [3.8, 4) is 11.8 Å². The summed E-state index contributed by atoms with van der Waals surface area (Å²) in [5, 5.41) is 10.2. The molecule has 1 aliphatic rings. The van der Waals surface area contributed by atoms with Gasteiger partial charge >= 0.3 is 0 Å². The van der Waals surface area contributed by atoms with Gasteiger partial charge in [0.1, 0.15) is 5.60 Å². The van der Waals surface area contributed by atoms with Crippen molar-refractivity contribution < 1.29 is 5.11 Å². The molecule has 1 aromatic heterocycles. The number of hydrogen-bond donors (Lipinski definition) is 1. The van der Waals surface area contributed by atoms with Crippen LogP contribution in [0.3, 0.4) is 0 Å². The second-order valence-corrected chi connectivity index (χ2v) is 5.81. The van der Waals surface area contributed by atoms with Crippen LogP contribution in [0.1, 0.15) is 57.6 Å². The molecule has 3 heteroatoms. The fourth-order valence-electron chi connectivity index (χ4n) is 2.86. The molecule has 1 N–H and O–H groups in total. The van der Waals surface area contributed by atoms with E-state index in [1.54, 1.807) is 0 Å². The molecule has 1 aliphatic heterocycles. The average Bonchev–Trinajstić information content (AvgIpc) is 2.56. The molecule has 2 rings (SSSR count). The number of piperidine rings is 1. The molecule has 3 nitrogen and oxygen atoms in total. The highest BCUT2D eigenvalue weighted by Crippen LogP contribution is 2.29. The summed E-state index contributed by atoms with van der Waals surface area (Å²) in [4.78, 5) is 6.65. The molecular formula is C18H26N2O. The second kappa shape index (κ2) is 7.59. The van der Waals surface area contributed by atoms with E-state index in [-0.39, 0.29) is 0 Å². The number of pyridine rings is 1. The summed E-state index contributed by atoms with van der Waals surface area (Å²) >= 11 is 0. The molecule has 114 valence electrons. The van der Waals surface area contributed by atoms with Gasteiger partial charge in [-0.2, -0.15) is 0 Å². The Morgan fingerprint density at radius 2 is 2.19 bits per heavy atom. The van der Waals surface area contributed by atoms with Crippen molar-refractivity contribution in [2.75, 3.05) is 13.1 Å². The molecule has 0 amide bonds. The van der Waals surface area contributed by atoms with Crippen molar-refractivity contribution in [1.29, 1.82) is 0 Å². The van der Waals surface area contributed by atoms with E-state index in [4.69, 9.17) is 0 Å². The third-order valence-corrected chi connectivity index (χ3v) is 4.46. The summed E-state index contributed by atoms with van der Waals surface area (Å²) in [6.45, 7) is 5.77. The van der Waals surface area contributed by atoms with E-state index in [1.807, 2.05) is 32.3 Å². The van der Waals surface area contributed by atoms with Gasteiger partial charge in [0.15, 0.2) is 0 Å². The van der Waals surface area contributed by atoms with Crippen molar-refractivity contribution in [2.24, 2.45) is 0 Å². The molecule has 0 spiro atoms. The molecule has 1 aromatic rings. The van der Waals surface area contributed by atoms with Crippen molar-refractivity contribution in [3.63, 3.8) is 0 Å². The van der Waals surface area contributed by atoms with Crippen LogP contribution in [0, 0.1) is 11.8 Å². The normalized spacial score (nSPS) is 19.9. The Balaban J connectivity index is 2.05. The molecule has 0 aromatic carbocycles. The van der Waals surface area contributed by atoms with Crippen LogP contribution in [0.5, 0.6) is 0 Å². The lowest BCUT2D eigenvalue weighted by Gasteiger charge is -2.34. The zero-order valence-corrected chi connectivity index (χ0v) is 13.2. The molecular weight excluding hydrogens is 260 g/mol. The molecule has 21 heavy (non-hydrogen) atoms. The van der Waals surface area contributed by atoms with Crippen LogP contribution in [0.2, 0.25) is 0 Å². The smallest absolute Gasteiger partial charge is 0.125 e. The van der Waals surface area contributed by atoms with E-state index in [9.17, 15) is 5.11 Å². The summed E-state index contributed by atoms with van der Waals surface area (Å²) < 4.78 is 0. The summed E-state index contributed by atoms with van der Waals surface area (Å²) in [6.07, 6.45) is 8.80. The molecule has 1 atom stereocenters. The molecule has 0 unspecified atom stereocenters. The SMILES string of the molecule is CCC(O)(C#CCN1CCCC[C@@H]1c1cccnc1)CC. The molecule has 0 radical (unpaired) electrons. The highest BCUT2D eigenvalue weighted by molar-refractivity contribution is 5.18. The number of hydrogen-bond acceptors (Lipinski definition) is 3. The fraction of sp³-hybridized carbons (Fsp3) is 0.611. The minimum absolute atomic E-state index is 0.415. The first-order valence-corrected chi connectivity index (χ1v) is 8.05. The summed E-state index contributed by atoms with van der Waals surface area (Å²) in [6, 6.07) is 4.57. The fourth-order valence-corrected chi connectivity index (χ4v) is 2.86. The van der Waals surface area contributed by atoms with E-state index >= 15 is 0 Å². The molecule has 0 bridgehead atoms. The third-order valence-electron chi connectivity index (χ3n) is 4.46. The van der Waals surface area contributed by atoms with Gasteiger partial charge in [-0.25, -0.2) is 0 Å². The van der Waals surface area contributed by atoms with Gasteiger partial charge in [-0.1, -0.05) is 38.2 Å². The van der Waals surface area contributed by atoms with E-state index in [0.29, 0.717) is 18.9 Å². The first-order valence-electron chi connectivity index (χ1n) is 8.05. The Kier molecular flexibility index (Phi) is 5.78. The summed E-state index contributed by atoms with van der Waals surface area (Å²) in [5.41, 5.74) is 0.458. The Morgan fingerprint density at radius 1 is 1.38 bits per heavy atom. The van der Waals surface area contributed by atoms with E-state index in [1.165, 1.54) is 24.8 Å². The summed E-state index contributed by atoms with van der Waals surface area (Å²) in [7, 11) is 0. The quantitative estimate of drug-likeness (QED) is 0.864.